The first kappa shape index (κ1) is 20.5. The number of carbonyl (C=O) groups excluding carboxylic acids is 1. The zero-order valence-corrected chi connectivity index (χ0v) is 16.1. The van der Waals surface area contributed by atoms with Crippen LogP contribution in [0.25, 0.3) is 0 Å². The Balaban J connectivity index is 1.77. The van der Waals surface area contributed by atoms with Gasteiger partial charge in [-0.1, -0.05) is 18.2 Å². The lowest BCUT2D eigenvalue weighted by Crippen LogP contribution is -2.36. The van der Waals surface area contributed by atoms with Gasteiger partial charge < -0.3 is 24.4 Å². The number of nitrogens with zero attached hydrogens (tertiary/aromatic N) is 2. The van der Waals surface area contributed by atoms with Gasteiger partial charge in [0.15, 0.2) is 0 Å². The fraction of sp³-hybridized carbons (Fsp3) is 0.400. The molecule has 0 atom stereocenters. The number of pyridine rings is 1. The smallest absolute Gasteiger partial charge is 0.317 e. The van der Waals surface area contributed by atoms with Crippen LogP contribution in [0.15, 0.2) is 42.6 Å². The van der Waals surface area contributed by atoms with Gasteiger partial charge in [0.1, 0.15) is 12.4 Å². The monoisotopic (exact) mass is 373 g/mol. The first-order valence-electron chi connectivity index (χ1n) is 8.89. The van der Waals surface area contributed by atoms with Gasteiger partial charge in [0.05, 0.1) is 13.2 Å². The molecule has 1 aromatic carbocycles. The summed E-state index contributed by atoms with van der Waals surface area (Å²) in [6, 6.07) is 11.2. The highest BCUT2D eigenvalue weighted by Crippen LogP contribution is 2.13. The Kier molecular flexibility index (Phi) is 8.38. The van der Waals surface area contributed by atoms with Crippen LogP contribution in [-0.2, 0) is 17.8 Å². The van der Waals surface area contributed by atoms with E-state index in [0.29, 0.717) is 38.8 Å². The summed E-state index contributed by atoms with van der Waals surface area (Å²) in [7, 11) is 3.38. The van der Waals surface area contributed by atoms with Crippen molar-refractivity contribution in [2.75, 3.05) is 34.0 Å². The van der Waals surface area contributed by atoms with Crippen molar-refractivity contribution in [2.45, 2.75) is 20.0 Å². The molecule has 0 aliphatic rings. The molecule has 0 radical (unpaired) electrons. The van der Waals surface area contributed by atoms with Crippen molar-refractivity contribution < 1.29 is 19.0 Å². The number of rotatable bonds is 10. The molecule has 146 valence electrons. The van der Waals surface area contributed by atoms with E-state index in [4.69, 9.17) is 14.2 Å². The van der Waals surface area contributed by atoms with Crippen molar-refractivity contribution in [2.24, 2.45) is 0 Å². The molecular formula is C20H27N3O4. The predicted octanol–water partition coefficient (Wildman–Crippen LogP) is 2.85. The second-order valence-electron chi connectivity index (χ2n) is 5.94. The molecule has 1 aromatic heterocycles. The number of hydrogen-bond acceptors (Lipinski definition) is 5. The van der Waals surface area contributed by atoms with Crippen molar-refractivity contribution in [3.63, 3.8) is 0 Å². The topological polar surface area (TPSA) is 72.9 Å². The highest BCUT2D eigenvalue weighted by molar-refractivity contribution is 5.73. The van der Waals surface area contributed by atoms with E-state index in [1.807, 2.05) is 37.3 Å². The van der Waals surface area contributed by atoms with Crippen LogP contribution in [0.2, 0.25) is 0 Å². The summed E-state index contributed by atoms with van der Waals surface area (Å²) in [5.74, 6) is 1.37. The van der Waals surface area contributed by atoms with Crippen molar-refractivity contribution >= 4 is 6.03 Å². The van der Waals surface area contributed by atoms with E-state index >= 15 is 0 Å². The zero-order chi connectivity index (χ0) is 19.5. The second-order valence-corrected chi connectivity index (χ2v) is 5.94. The maximum atomic E-state index is 12.3. The fourth-order valence-corrected chi connectivity index (χ4v) is 2.35. The van der Waals surface area contributed by atoms with Crippen LogP contribution in [0.5, 0.6) is 11.6 Å². The van der Waals surface area contributed by atoms with Crippen LogP contribution in [0, 0.1) is 0 Å². The van der Waals surface area contributed by atoms with Crippen molar-refractivity contribution in [3.8, 4) is 11.6 Å². The van der Waals surface area contributed by atoms with E-state index in [9.17, 15) is 4.79 Å². The number of methoxy groups -OCH3 is 1. The first-order valence-corrected chi connectivity index (χ1v) is 8.89. The summed E-state index contributed by atoms with van der Waals surface area (Å²) in [6.07, 6.45) is 1.69. The van der Waals surface area contributed by atoms with E-state index < -0.39 is 0 Å². The molecule has 0 fully saturated rings. The number of aromatic nitrogens is 1. The summed E-state index contributed by atoms with van der Waals surface area (Å²) in [5.41, 5.74) is 1.94. The molecule has 2 rings (SSSR count). The standard InChI is InChI=1S/C20H27N3O4/c1-4-26-18-8-5-16(6-9-18)15-23(2)20(24)22-14-17-7-10-19(21-13-17)27-12-11-25-3/h5-10,13H,4,11-12,14-15H2,1-3H3,(H,22,24). The molecule has 7 heteroatoms. The fourth-order valence-electron chi connectivity index (χ4n) is 2.35. The SMILES string of the molecule is CCOc1ccc(CN(C)C(=O)NCc2ccc(OCCOC)nc2)cc1. The Hall–Kier alpha value is -2.80. The molecule has 1 N–H and O–H groups in total. The summed E-state index contributed by atoms with van der Waals surface area (Å²) >= 11 is 0. The molecular weight excluding hydrogens is 346 g/mol. The predicted molar refractivity (Wildman–Crippen MR) is 103 cm³/mol. The van der Waals surface area contributed by atoms with Crippen LogP contribution < -0.4 is 14.8 Å². The number of carbonyl (C=O) groups is 1. The lowest BCUT2D eigenvalue weighted by Gasteiger charge is -2.18. The average molecular weight is 373 g/mol. The number of nitrogens with one attached hydrogen (secondary N) is 1. The van der Waals surface area contributed by atoms with Crippen LogP contribution in [-0.4, -0.2) is 49.9 Å². The van der Waals surface area contributed by atoms with E-state index in [0.717, 1.165) is 16.9 Å². The van der Waals surface area contributed by atoms with E-state index in [1.165, 1.54) is 0 Å². The third-order valence-corrected chi connectivity index (χ3v) is 3.78. The molecule has 0 unspecified atom stereocenters. The minimum atomic E-state index is -0.149. The molecule has 2 aromatic rings. The summed E-state index contributed by atoms with van der Waals surface area (Å²) in [4.78, 5) is 18.1. The molecule has 27 heavy (non-hydrogen) atoms. The van der Waals surface area contributed by atoms with Crippen LogP contribution in [0.4, 0.5) is 4.79 Å². The van der Waals surface area contributed by atoms with Gasteiger partial charge in [-0.2, -0.15) is 0 Å². The maximum Gasteiger partial charge on any atom is 0.317 e. The lowest BCUT2D eigenvalue weighted by molar-refractivity contribution is 0.143. The number of urea groups is 1. The van der Waals surface area contributed by atoms with Crippen molar-refractivity contribution in [1.29, 1.82) is 0 Å². The van der Waals surface area contributed by atoms with Crippen molar-refractivity contribution in [1.82, 2.24) is 15.2 Å². The average Bonchev–Trinajstić information content (AvgIpc) is 2.69. The number of hydrogen-bond donors (Lipinski definition) is 1. The number of amides is 2. The largest absolute Gasteiger partial charge is 0.494 e. The quantitative estimate of drug-likeness (QED) is 0.649. The van der Waals surface area contributed by atoms with Gasteiger partial charge in [-0.25, -0.2) is 9.78 Å². The Morgan fingerprint density at radius 2 is 1.81 bits per heavy atom. The number of benzene rings is 1. The van der Waals surface area contributed by atoms with Gasteiger partial charge in [0, 0.05) is 39.5 Å². The van der Waals surface area contributed by atoms with E-state index in [2.05, 4.69) is 10.3 Å². The maximum absolute atomic E-state index is 12.3. The summed E-state index contributed by atoms with van der Waals surface area (Å²) in [5, 5.41) is 2.88. The molecule has 2 amide bonds. The molecule has 0 bridgehead atoms. The van der Waals surface area contributed by atoms with E-state index in [-0.39, 0.29) is 6.03 Å². The van der Waals surface area contributed by atoms with E-state index in [1.54, 1.807) is 31.3 Å². The summed E-state index contributed by atoms with van der Waals surface area (Å²) in [6.45, 7) is 4.47. The third-order valence-electron chi connectivity index (χ3n) is 3.78. The van der Waals surface area contributed by atoms with Gasteiger partial charge in [0.2, 0.25) is 5.88 Å². The Morgan fingerprint density at radius 3 is 2.44 bits per heavy atom. The second kappa shape index (κ2) is 11.0. The van der Waals surface area contributed by atoms with Crippen LogP contribution in [0.1, 0.15) is 18.1 Å². The minimum absolute atomic E-state index is 0.149. The molecule has 0 saturated carbocycles. The zero-order valence-electron chi connectivity index (χ0n) is 16.1. The summed E-state index contributed by atoms with van der Waals surface area (Å²) < 4.78 is 15.8. The molecule has 7 nitrogen and oxygen atoms in total. The van der Waals surface area contributed by atoms with Gasteiger partial charge in [-0.3, -0.25) is 0 Å². The first-order chi connectivity index (χ1) is 13.1. The third kappa shape index (κ3) is 7.15. The highest BCUT2D eigenvalue weighted by atomic mass is 16.5. The van der Waals surface area contributed by atoms with Gasteiger partial charge >= 0.3 is 6.03 Å². The lowest BCUT2D eigenvalue weighted by atomic mass is 10.2. The van der Waals surface area contributed by atoms with Gasteiger partial charge in [-0.05, 0) is 30.2 Å². The molecule has 0 spiro atoms. The molecule has 0 saturated heterocycles. The van der Waals surface area contributed by atoms with Gasteiger partial charge in [-0.15, -0.1) is 0 Å². The van der Waals surface area contributed by atoms with Crippen LogP contribution >= 0.6 is 0 Å². The Labute approximate surface area is 160 Å². The van der Waals surface area contributed by atoms with Crippen molar-refractivity contribution in [3.05, 3.63) is 53.7 Å². The van der Waals surface area contributed by atoms with Crippen LogP contribution in [0.3, 0.4) is 0 Å². The molecule has 1 heterocycles. The normalized spacial score (nSPS) is 10.3. The molecule has 0 aliphatic carbocycles. The highest BCUT2D eigenvalue weighted by Gasteiger charge is 2.09. The molecule has 0 aliphatic heterocycles. The Morgan fingerprint density at radius 1 is 1.07 bits per heavy atom. The minimum Gasteiger partial charge on any atom is -0.494 e. The van der Waals surface area contributed by atoms with Gasteiger partial charge in [0.25, 0.3) is 0 Å². The Bertz CT molecular complexity index is 689. The number of ether oxygens (including phenoxy) is 3.